The van der Waals surface area contributed by atoms with Crippen LogP contribution in [0, 0.1) is 5.41 Å². The molecule has 1 unspecified atom stereocenters. The van der Waals surface area contributed by atoms with E-state index in [9.17, 15) is 19.2 Å². The van der Waals surface area contributed by atoms with Crippen LogP contribution >= 0.6 is 0 Å². The van der Waals surface area contributed by atoms with Gasteiger partial charge >= 0.3 is 24.1 Å². The van der Waals surface area contributed by atoms with Crippen LogP contribution < -0.4 is 5.73 Å². The third kappa shape index (κ3) is 10.8. The van der Waals surface area contributed by atoms with Crippen molar-refractivity contribution in [3.63, 3.8) is 0 Å². The number of piperazine rings is 1. The molecule has 3 rings (SSSR count). The summed E-state index contributed by atoms with van der Waals surface area (Å²) in [5.74, 6) is -0.546. The Balaban J connectivity index is 1.34. The number of hydrogen-bond acceptors (Lipinski definition) is 10. The number of guanidine groups is 1. The van der Waals surface area contributed by atoms with Crippen LogP contribution in [-0.4, -0.2) is 140 Å². The molecule has 3 heterocycles. The molecule has 44 heavy (non-hydrogen) atoms. The number of amides is 2. The third-order valence-corrected chi connectivity index (χ3v) is 8.17. The molecule has 1 atom stereocenters. The zero-order valence-electron chi connectivity index (χ0n) is 27.2. The van der Waals surface area contributed by atoms with Crippen molar-refractivity contribution in [3.8, 4) is 0 Å². The van der Waals surface area contributed by atoms with Gasteiger partial charge in [0.15, 0.2) is 0 Å². The van der Waals surface area contributed by atoms with Gasteiger partial charge in [0.05, 0.1) is 31.6 Å². The second-order valence-electron chi connectivity index (χ2n) is 12.7. The number of hydrogen-bond donors (Lipinski definition) is 1. The molecule has 0 spiro atoms. The molecule has 2 amide bonds. The highest BCUT2D eigenvalue weighted by Gasteiger charge is 2.45. The van der Waals surface area contributed by atoms with Crippen LogP contribution in [0.3, 0.4) is 0 Å². The molecule has 14 heteroatoms. The summed E-state index contributed by atoms with van der Waals surface area (Å²) in [4.78, 5) is 61.5. The van der Waals surface area contributed by atoms with Gasteiger partial charge in [-0.05, 0) is 79.9 Å². The second kappa shape index (κ2) is 16.3. The lowest BCUT2D eigenvalue weighted by Gasteiger charge is -2.39. The van der Waals surface area contributed by atoms with Crippen LogP contribution in [0.2, 0.25) is 0 Å². The number of esters is 2. The maximum absolute atomic E-state index is 12.8. The van der Waals surface area contributed by atoms with Gasteiger partial charge in [-0.25, -0.2) is 9.59 Å². The van der Waals surface area contributed by atoms with E-state index in [0.717, 1.165) is 32.5 Å². The molecule has 3 saturated heterocycles. The van der Waals surface area contributed by atoms with Gasteiger partial charge < -0.3 is 34.5 Å². The fraction of sp³-hybridized carbons (Fsp3) is 0.833. The van der Waals surface area contributed by atoms with E-state index < -0.39 is 17.1 Å². The van der Waals surface area contributed by atoms with Gasteiger partial charge in [-0.15, -0.1) is 4.99 Å². The highest BCUT2D eigenvalue weighted by Crippen LogP contribution is 2.37. The summed E-state index contributed by atoms with van der Waals surface area (Å²) in [6.45, 7) is 16.3. The van der Waals surface area contributed by atoms with E-state index in [1.54, 1.807) is 39.5 Å². The number of carbonyl (C=O) groups excluding carboxylic acids is 4. The molecule has 250 valence electrons. The number of cyclic esters (lactones) is 1. The number of unbranched alkanes of at least 4 members (excludes halogenated alkanes) is 1. The summed E-state index contributed by atoms with van der Waals surface area (Å²) in [5, 5.41) is 0. The molecule has 0 bridgehead atoms. The first-order chi connectivity index (χ1) is 20.8. The van der Waals surface area contributed by atoms with Gasteiger partial charge in [0.2, 0.25) is 5.96 Å². The Labute approximate surface area is 261 Å². The van der Waals surface area contributed by atoms with Crippen molar-refractivity contribution in [1.29, 1.82) is 0 Å². The van der Waals surface area contributed by atoms with E-state index in [-0.39, 0.29) is 49.7 Å². The van der Waals surface area contributed by atoms with Crippen LogP contribution in [0.1, 0.15) is 66.7 Å². The van der Waals surface area contributed by atoms with Crippen molar-refractivity contribution in [2.45, 2.75) is 78.4 Å². The van der Waals surface area contributed by atoms with Crippen molar-refractivity contribution in [3.05, 3.63) is 0 Å². The Morgan fingerprint density at radius 3 is 2.20 bits per heavy atom. The highest BCUT2D eigenvalue weighted by atomic mass is 16.6. The average Bonchev–Trinajstić information content (AvgIpc) is 3.30. The van der Waals surface area contributed by atoms with E-state index in [0.29, 0.717) is 58.7 Å². The number of aliphatic imine (C=N–C) groups is 1. The third-order valence-electron chi connectivity index (χ3n) is 8.17. The first kappa shape index (κ1) is 35.4. The van der Waals surface area contributed by atoms with E-state index in [2.05, 4.69) is 14.8 Å². The number of nitrogens with two attached hydrogens (primary N) is 1. The van der Waals surface area contributed by atoms with Gasteiger partial charge in [-0.3, -0.25) is 19.4 Å². The summed E-state index contributed by atoms with van der Waals surface area (Å²) in [5.41, 5.74) is 4.53. The number of carbonyl (C=O) groups is 4. The lowest BCUT2D eigenvalue weighted by molar-refractivity contribution is -0.165. The smallest absolute Gasteiger partial charge is 0.437 e. The molecule has 0 radical (unpaired) electrons. The lowest BCUT2D eigenvalue weighted by atomic mass is 9.75. The van der Waals surface area contributed by atoms with Crippen molar-refractivity contribution < 1.29 is 38.1 Å². The molecule has 3 aliphatic rings. The maximum Gasteiger partial charge on any atom is 0.437 e. The Morgan fingerprint density at radius 2 is 1.59 bits per heavy atom. The molecule has 3 aliphatic heterocycles. The fourth-order valence-electron chi connectivity index (χ4n) is 5.82. The van der Waals surface area contributed by atoms with Crippen molar-refractivity contribution in [1.82, 2.24) is 19.6 Å². The van der Waals surface area contributed by atoms with Crippen LogP contribution in [0.5, 0.6) is 0 Å². The first-order valence-electron chi connectivity index (χ1n) is 15.9. The molecule has 0 saturated carbocycles. The molecule has 0 aliphatic carbocycles. The fourth-order valence-corrected chi connectivity index (χ4v) is 5.82. The number of nitrogens with zero attached hydrogens (tertiary/aromatic N) is 5. The van der Waals surface area contributed by atoms with Gasteiger partial charge in [0.25, 0.3) is 0 Å². The van der Waals surface area contributed by atoms with E-state index in [1.165, 1.54) is 0 Å². The Morgan fingerprint density at radius 1 is 0.955 bits per heavy atom. The van der Waals surface area contributed by atoms with E-state index >= 15 is 0 Å². The Bertz CT molecular complexity index is 1020. The minimum absolute atomic E-state index is 0.0196. The number of ether oxygens (including phenoxy) is 4. The molecular weight excluding hydrogens is 572 g/mol. The normalized spacial score (nSPS) is 21.6. The first-order valence-corrected chi connectivity index (χ1v) is 15.9. The quantitative estimate of drug-likeness (QED) is 0.111. The average molecular weight is 625 g/mol. The van der Waals surface area contributed by atoms with Crippen LogP contribution in [0.15, 0.2) is 4.99 Å². The zero-order valence-corrected chi connectivity index (χ0v) is 27.2. The summed E-state index contributed by atoms with van der Waals surface area (Å²) in [6.07, 6.45) is 1.61. The molecule has 2 N–H and O–H groups in total. The summed E-state index contributed by atoms with van der Waals surface area (Å²) in [6, 6.07) is 0. The lowest BCUT2D eigenvalue weighted by Crippen LogP contribution is -2.51. The highest BCUT2D eigenvalue weighted by molar-refractivity contribution is 5.89. The summed E-state index contributed by atoms with van der Waals surface area (Å²) >= 11 is 0. The molecule has 0 aromatic rings. The van der Waals surface area contributed by atoms with Crippen LogP contribution in [0.4, 0.5) is 9.59 Å². The minimum Gasteiger partial charge on any atom is -0.466 e. The van der Waals surface area contributed by atoms with Gasteiger partial charge in [-0.2, -0.15) is 0 Å². The number of rotatable bonds is 12. The molecule has 3 fully saturated rings. The minimum atomic E-state index is -0.871. The standard InChI is InChI=1S/C30H52N6O8/c1-6-41-24(37)20-30(25(38)42-7-2)10-14-34(15-11-30)21-23-22-36(28(40)43-23)13-9-8-12-33-16-18-35(19-17-33)26(31)32-27(39)44-29(3,4)5/h23H,6-22H2,1-5H3,(H2,31,32,39). The Hall–Kier alpha value is -3.13. The predicted molar refractivity (Wildman–Crippen MR) is 163 cm³/mol. The molecule has 14 nitrogen and oxygen atoms in total. The molecule has 0 aromatic heterocycles. The van der Waals surface area contributed by atoms with Crippen molar-refractivity contribution in [2.75, 3.05) is 78.7 Å². The zero-order chi connectivity index (χ0) is 32.3. The van der Waals surface area contributed by atoms with E-state index in [4.69, 9.17) is 24.7 Å². The monoisotopic (exact) mass is 624 g/mol. The Kier molecular flexibility index (Phi) is 13.1. The molecule has 0 aromatic carbocycles. The van der Waals surface area contributed by atoms with Gasteiger partial charge in [-0.1, -0.05) is 0 Å². The predicted octanol–water partition coefficient (Wildman–Crippen LogP) is 2.05. The topological polar surface area (TPSA) is 157 Å². The largest absolute Gasteiger partial charge is 0.466 e. The number of likely N-dealkylation sites (tertiary alicyclic amines) is 1. The van der Waals surface area contributed by atoms with Crippen LogP contribution in [-0.2, 0) is 28.5 Å². The number of piperidine rings is 1. The van der Waals surface area contributed by atoms with Crippen molar-refractivity contribution in [2.24, 2.45) is 16.1 Å². The SMILES string of the molecule is CCOC(=O)CC1(C(=O)OCC)CCN(CC2CN(CCCCN3CCN(C(N)=NC(=O)OC(C)(C)C)CC3)C(=O)O2)CC1. The summed E-state index contributed by atoms with van der Waals surface area (Å²) in [7, 11) is 0. The van der Waals surface area contributed by atoms with E-state index in [1.807, 2.05) is 4.90 Å². The summed E-state index contributed by atoms with van der Waals surface area (Å²) < 4.78 is 21.3. The van der Waals surface area contributed by atoms with Crippen LogP contribution in [0.25, 0.3) is 0 Å². The molecular formula is C30H52N6O8. The van der Waals surface area contributed by atoms with Gasteiger partial charge in [0.1, 0.15) is 11.7 Å². The second-order valence-corrected chi connectivity index (χ2v) is 12.7. The van der Waals surface area contributed by atoms with Crippen molar-refractivity contribution >= 4 is 30.1 Å². The van der Waals surface area contributed by atoms with Gasteiger partial charge in [0, 0.05) is 39.3 Å². The maximum atomic E-state index is 12.8.